The first-order valence-electron chi connectivity index (χ1n) is 37.0. The molecule has 0 N–H and O–H groups in total. The van der Waals surface area contributed by atoms with E-state index in [0.29, 0.717) is 0 Å². The molecule has 0 unspecified atom stereocenters. The molecular weight excluding hydrogens is 1980 g/mol. The molecule has 0 atom stereocenters. The second-order valence-electron chi connectivity index (χ2n) is 24.0. The normalized spacial score (nSPS) is 10.2. The minimum atomic E-state index is -6.12. The van der Waals surface area contributed by atoms with Crippen LogP contribution in [0.3, 0.4) is 0 Å². The average Bonchev–Trinajstić information content (AvgIpc) is 0.950. The van der Waals surface area contributed by atoms with Gasteiger partial charge >= 0.3 is 120 Å². The first-order valence-corrected chi connectivity index (χ1v) is 56.2. The van der Waals surface area contributed by atoms with Gasteiger partial charge < -0.3 is 0 Å². The Hall–Kier alpha value is -8.85. The number of benzene rings is 16. The number of hydrogen-bond donors (Lipinski definition) is 0. The summed E-state index contributed by atoms with van der Waals surface area (Å²) in [5.41, 5.74) is 0. The van der Waals surface area contributed by atoms with Crippen molar-refractivity contribution in [3.8, 4) is 0 Å². The third-order valence-electron chi connectivity index (χ3n) is 14.2. The first-order chi connectivity index (χ1) is 59.6. The third-order valence-corrected chi connectivity index (χ3v) is 23.1. The molecule has 0 aliphatic heterocycles. The van der Waals surface area contributed by atoms with Crippen LogP contribution in [0.5, 0.6) is 0 Å². The molecule has 12 nitrogen and oxygen atoms in total. The van der Waals surface area contributed by atoms with Crippen molar-refractivity contribution in [2.45, 2.75) is 78.3 Å². The molecule has 0 heterocycles. The van der Waals surface area contributed by atoms with Crippen molar-refractivity contribution in [3.05, 3.63) is 485 Å². The molecule has 16 rings (SSSR count). The van der Waals surface area contributed by atoms with Gasteiger partial charge in [-0.3, -0.25) is 0 Å². The van der Waals surface area contributed by atoms with Crippen LogP contribution in [0.4, 0.5) is 13.9 Å². The van der Waals surface area contributed by atoms with Crippen molar-refractivity contribution >= 4 is 153 Å². The zero-order valence-electron chi connectivity index (χ0n) is 66.0. The SMILES string of the molecule is O=[As]([O-])([O-])F.O=[As]([O-])([O-])F.O=[As]([O-])([O-])F.O=[As]([O-])([O-])F.c1ccc([SH+]c2ccccc2)cc1.c1ccc([SH+]c2ccccc2)cc1.c1ccc([SH+]c2ccccc2)cc1.c1ccc([SH+]c2ccccc2)cc1.c1ccc([SH+]c2ccccc2)cc1.c1ccc([SH+]c2ccccc2)cc1.c1ccc([SH+]c2ccccc2)cc1.c1ccc([SH+]c2ccccc2)cc1. The molecule has 0 spiro atoms. The average molecular weight is 2070 g/mol. The van der Waals surface area contributed by atoms with E-state index in [0.717, 1.165) is 0 Å². The Kier molecular flexibility index (Phi) is 54.5. The van der Waals surface area contributed by atoms with Crippen molar-refractivity contribution < 1.29 is 61.6 Å². The van der Waals surface area contributed by atoms with Gasteiger partial charge in [0.25, 0.3) is 0 Å². The molecule has 0 saturated carbocycles. The minimum absolute atomic E-state index is 1.28. The van der Waals surface area contributed by atoms with E-state index in [-0.39, 0.29) is 0 Å². The second-order valence-corrected chi connectivity index (χ2v) is 41.3. The molecule has 28 heteroatoms. The minimum Gasteiger partial charge on any atom is -0.0619 e. The van der Waals surface area contributed by atoms with E-state index in [9.17, 15) is 13.9 Å². The quantitative estimate of drug-likeness (QED) is 0.0379. The van der Waals surface area contributed by atoms with Crippen molar-refractivity contribution in [3.63, 3.8) is 0 Å². The van der Waals surface area contributed by atoms with Gasteiger partial charge in [-0.05, 0) is 194 Å². The standard InChI is InChI=1S/8C12H10S.4AsFH2O3/c8*1-3-7-11(8-4-1)13-12-9-5-2-6-10-12;4*2-1(3,4)5/h8*1-10H;4*(H2,3,4,5). The van der Waals surface area contributed by atoms with Crippen molar-refractivity contribution in [1.29, 1.82) is 0 Å². The summed E-state index contributed by atoms with van der Waals surface area (Å²) in [5, 5.41) is 0. The fraction of sp³-hybridized carbons (Fsp3) is 0. The van der Waals surface area contributed by atoms with E-state index in [4.69, 9.17) is 47.7 Å². The topological polar surface area (TPSA) is 253 Å². The van der Waals surface area contributed by atoms with Crippen LogP contribution in [-0.2, 0) is 109 Å². The Morgan fingerprint density at radius 2 is 0.161 bits per heavy atom. The summed E-state index contributed by atoms with van der Waals surface area (Å²) < 4.78 is 143. The van der Waals surface area contributed by atoms with Crippen molar-refractivity contribution in [2.24, 2.45) is 0 Å². The van der Waals surface area contributed by atoms with Crippen LogP contribution in [0.25, 0.3) is 0 Å². The molecule has 124 heavy (non-hydrogen) atoms. The van der Waals surface area contributed by atoms with Crippen molar-refractivity contribution in [1.82, 2.24) is 0 Å². The molecule has 0 saturated heterocycles. The zero-order chi connectivity index (χ0) is 89.5. The molecule has 16 aromatic rings. The van der Waals surface area contributed by atoms with Gasteiger partial charge in [0.15, 0.2) is 78.3 Å². The van der Waals surface area contributed by atoms with Gasteiger partial charge in [-0.2, -0.15) is 0 Å². The van der Waals surface area contributed by atoms with E-state index in [2.05, 4.69) is 388 Å². The summed E-state index contributed by atoms with van der Waals surface area (Å²) in [6, 6.07) is 168. The van der Waals surface area contributed by atoms with Crippen LogP contribution < -0.4 is 32.8 Å². The molecule has 16 aromatic carbocycles. The van der Waals surface area contributed by atoms with Gasteiger partial charge in [-0.25, -0.2) is 0 Å². The Morgan fingerprint density at radius 1 is 0.121 bits per heavy atom. The predicted molar refractivity (Wildman–Crippen MR) is 496 cm³/mol. The second kappa shape index (κ2) is 64.0. The maximum Gasteiger partial charge on any atom is 0.158 e. The largest absolute Gasteiger partial charge is 0.158 e. The summed E-state index contributed by atoms with van der Waals surface area (Å²) in [7, 11) is 0. The van der Waals surface area contributed by atoms with E-state index >= 15 is 0 Å². The molecule has 0 aliphatic rings. The third kappa shape index (κ3) is 62.3. The maximum absolute atomic E-state index is 10.2. The van der Waals surface area contributed by atoms with Crippen LogP contribution in [0.15, 0.2) is 564 Å². The smallest absolute Gasteiger partial charge is 0.0619 e. The predicted octanol–water partition coefficient (Wildman–Crippen LogP) is 13.5. The molecule has 640 valence electrons. The van der Waals surface area contributed by atoms with Crippen LogP contribution in [0.1, 0.15) is 0 Å². The summed E-state index contributed by atoms with van der Waals surface area (Å²) in [5.74, 6) is 0. The van der Waals surface area contributed by atoms with Gasteiger partial charge in [0.1, 0.15) is 0 Å². The summed E-state index contributed by atoms with van der Waals surface area (Å²) in [6.45, 7) is 0. The van der Waals surface area contributed by atoms with E-state index in [1.54, 1.807) is 0 Å². The Balaban J connectivity index is 0.000000244. The zero-order valence-corrected chi connectivity index (χ0v) is 80.6. The Morgan fingerprint density at radius 3 is 0.202 bits per heavy atom. The van der Waals surface area contributed by atoms with Gasteiger partial charge in [0, 0.05) is 94.1 Å². The molecule has 0 radical (unpaired) electrons. The van der Waals surface area contributed by atoms with E-state index < -0.39 is 58.6 Å². The van der Waals surface area contributed by atoms with E-state index in [1.165, 1.54) is 172 Å². The van der Waals surface area contributed by atoms with Gasteiger partial charge in [0.2, 0.25) is 0 Å². The Labute approximate surface area is 770 Å². The summed E-state index contributed by atoms with van der Waals surface area (Å²) in [6.07, 6.45) is 0. The van der Waals surface area contributed by atoms with Crippen LogP contribution in [-0.4, -0.2) is 58.6 Å². The molecule has 0 aliphatic carbocycles. The summed E-state index contributed by atoms with van der Waals surface area (Å²) >= 11 is -14.2. The first kappa shape index (κ1) is 106. The van der Waals surface area contributed by atoms with Gasteiger partial charge in [0.05, 0.1) is 0 Å². The fourth-order valence-corrected chi connectivity index (χ4v) is 16.8. The number of thiol groups is 8. The molecule has 0 bridgehead atoms. The van der Waals surface area contributed by atoms with Crippen LogP contribution in [0, 0.1) is 0 Å². The molecular formula is C96H88As4F4O12S8. The molecule has 0 aromatic heterocycles. The number of rotatable bonds is 16. The number of halogens is 4. The monoisotopic (exact) mass is 2060 g/mol. The van der Waals surface area contributed by atoms with E-state index in [1.807, 2.05) is 97.1 Å². The molecule has 0 fully saturated rings. The van der Waals surface area contributed by atoms with Crippen molar-refractivity contribution in [2.75, 3.05) is 0 Å². The van der Waals surface area contributed by atoms with Gasteiger partial charge in [-0.1, -0.05) is 291 Å². The van der Waals surface area contributed by atoms with Gasteiger partial charge in [-0.15, -0.1) is 0 Å². The fourth-order valence-electron chi connectivity index (χ4n) is 9.23. The van der Waals surface area contributed by atoms with Crippen LogP contribution in [0.2, 0.25) is 0 Å². The van der Waals surface area contributed by atoms with Crippen LogP contribution >= 0.6 is 0 Å². The Bertz CT molecular complexity index is 4180. The molecule has 0 amide bonds. The maximum atomic E-state index is 10.2. The number of hydrogen-bond acceptors (Lipinski definition) is 12. The summed E-state index contributed by atoms with van der Waals surface area (Å²) in [4.78, 5) is 21.5.